The van der Waals surface area contributed by atoms with E-state index < -0.39 is 5.97 Å². The molecule has 2 unspecified atom stereocenters. The standard InChI is InChI=1S/C16H25NO3/c1-12(8-14(11-17)10-16(18)19)6-7-13-4-3-5-15(9-13)20-2/h3-5,9,12,14H,6-8,10-11,17H2,1-2H3,(H,18,19). The van der Waals surface area contributed by atoms with E-state index in [0.29, 0.717) is 12.5 Å². The van der Waals surface area contributed by atoms with E-state index in [4.69, 9.17) is 15.6 Å². The number of aliphatic carboxylic acids is 1. The maximum Gasteiger partial charge on any atom is 0.303 e. The maximum atomic E-state index is 10.7. The third kappa shape index (κ3) is 6.06. The third-order valence-electron chi connectivity index (χ3n) is 3.59. The molecule has 1 rings (SSSR count). The molecule has 1 aromatic carbocycles. The number of ether oxygens (including phenoxy) is 1. The molecule has 0 spiro atoms. The number of nitrogens with two attached hydrogens (primary N) is 1. The van der Waals surface area contributed by atoms with E-state index in [1.54, 1.807) is 7.11 Å². The summed E-state index contributed by atoms with van der Waals surface area (Å²) in [5.74, 6) is 0.656. The summed E-state index contributed by atoms with van der Waals surface area (Å²) >= 11 is 0. The molecule has 0 aliphatic carbocycles. The molecule has 0 radical (unpaired) electrons. The molecule has 0 amide bonds. The van der Waals surface area contributed by atoms with Gasteiger partial charge in [-0.15, -0.1) is 0 Å². The van der Waals surface area contributed by atoms with Crippen molar-refractivity contribution >= 4 is 5.97 Å². The number of aryl methyl sites for hydroxylation is 1. The zero-order valence-corrected chi connectivity index (χ0v) is 12.3. The van der Waals surface area contributed by atoms with E-state index in [2.05, 4.69) is 13.0 Å². The Morgan fingerprint density at radius 1 is 1.45 bits per heavy atom. The highest BCUT2D eigenvalue weighted by molar-refractivity contribution is 5.67. The molecule has 0 saturated heterocycles. The van der Waals surface area contributed by atoms with Gasteiger partial charge in [0.2, 0.25) is 0 Å². The summed E-state index contributed by atoms with van der Waals surface area (Å²) < 4.78 is 5.21. The molecule has 4 nitrogen and oxygen atoms in total. The molecule has 0 saturated carbocycles. The zero-order valence-electron chi connectivity index (χ0n) is 12.3. The van der Waals surface area contributed by atoms with Gasteiger partial charge in [0.15, 0.2) is 0 Å². The summed E-state index contributed by atoms with van der Waals surface area (Å²) in [5.41, 5.74) is 6.88. The van der Waals surface area contributed by atoms with Gasteiger partial charge in [-0.3, -0.25) is 4.79 Å². The van der Waals surface area contributed by atoms with Crippen LogP contribution in [0.2, 0.25) is 0 Å². The molecule has 0 bridgehead atoms. The second-order valence-corrected chi connectivity index (χ2v) is 5.43. The lowest BCUT2D eigenvalue weighted by molar-refractivity contribution is -0.138. The summed E-state index contributed by atoms with van der Waals surface area (Å²) in [4.78, 5) is 10.7. The molecule has 0 heterocycles. The van der Waals surface area contributed by atoms with Crippen LogP contribution >= 0.6 is 0 Å². The average Bonchev–Trinajstić information content (AvgIpc) is 2.44. The Hall–Kier alpha value is -1.55. The number of carboxylic acids is 1. The molecule has 0 aliphatic rings. The minimum atomic E-state index is -0.763. The predicted molar refractivity (Wildman–Crippen MR) is 79.9 cm³/mol. The van der Waals surface area contributed by atoms with E-state index in [1.165, 1.54) is 5.56 Å². The summed E-state index contributed by atoms with van der Waals surface area (Å²) in [5, 5.41) is 8.82. The molecule has 112 valence electrons. The van der Waals surface area contributed by atoms with Crippen molar-refractivity contribution in [1.82, 2.24) is 0 Å². The second kappa shape index (κ2) is 8.59. The summed E-state index contributed by atoms with van der Waals surface area (Å²) in [6.45, 7) is 2.60. The molecule has 20 heavy (non-hydrogen) atoms. The number of benzene rings is 1. The first-order valence-corrected chi connectivity index (χ1v) is 7.10. The Balaban J connectivity index is 2.41. The highest BCUT2D eigenvalue weighted by Crippen LogP contribution is 2.21. The van der Waals surface area contributed by atoms with Crippen LogP contribution in [0, 0.1) is 11.8 Å². The molecule has 4 heteroatoms. The lowest BCUT2D eigenvalue weighted by Crippen LogP contribution is -2.20. The van der Waals surface area contributed by atoms with Crippen molar-refractivity contribution in [2.45, 2.75) is 32.6 Å². The van der Waals surface area contributed by atoms with Crippen molar-refractivity contribution < 1.29 is 14.6 Å². The average molecular weight is 279 g/mol. The van der Waals surface area contributed by atoms with E-state index in [1.807, 2.05) is 18.2 Å². The fourth-order valence-electron chi connectivity index (χ4n) is 2.44. The lowest BCUT2D eigenvalue weighted by atomic mass is 9.89. The van der Waals surface area contributed by atoms with Crippen LogP contribution in [0.5, 0.6) is 5.75 Å². The van der Waals surface area contributed by atoms with Crippen LogP contribution in [-0.4, -0.2) is 24.7 Å². The largest absolute Gasteiger partial charge is 0.497 e. The van der Waals surface area contributed by atoms with Crippen molar-refractivity contribution in [3.05, 3.63) is 29.8 Å². The van der Waals surface area contributed by atoms with Gasteiger partial charge in [0.1, 0.15) is 5.75 Å². The van der Waals surface area contributed by atoms with Gasteiger partial charge in [-0.25, -0.2) is 0 Å². The van der Waals surface area contributed by atoms with Gasteiger partial charge in [-0.1, -0.05) is 19.1 Å². The van der Waals surface area contributed by atoms with Crippen LogP contribution in [0.15, 0.2) is 24.3 Å². The summed E-state index contributed by atoms with van der Waals surface area (Å²) in [6, 6.07) is 8.06. The first-order valence-electron chi connectivity index (χ1n) is 7.10. The van der Waals surface area contributed by atoms with Gasteiger partial charge in [-0.05, 0) is 55.3 Å². The van der Waals surface area contributed by atoms with E-state index in [9.17, 15) is 4.79 Å². The van der Waals surface area contributed by atoms with Gasteiger partial charge < -0.3 is 15.6 Å². The third-order valence-corrected chi connectivity index (χ3v) is 3.59. The van der Waals surface area contributed by atoms with E-state index >= 15 is 0 Å². The van der Waals surface area contributed by atoms with Crippen molar-refractivity contribution in [3.63, 3.8) is 0 Å². The van der Waals surface area contributed by atoms with Crippen LogP contribution in [0.1, 0.15) is 31.7 Å². The van der Waals surface area contributed by atoms with Crippen LogP contribution < -0.4 is 10.5 Å². The minimum Gasteiger partial charge on any atom is -0.497 e. The second-order valence-electron chi connectivity index (χ2n) is 5.43. The number of hydrogen-bond donors (Lipinski definition) is 2. The first-order chi connectivity index (χ1) is 9.55. The summed E-state index contributed by atoms with van der Waals surface area (Å²) in [7, 11) is 1.67. The van der Waals surface area contributed by atoms with Gasteiger partial charge >= 0.3 is 5.97 Å². The van der Waals surface area contributed by atoms with Gasteiger partial charge in [0.05, 0.1) is 7.11 Å². The number of rotatable bonds is 9. The van der Waals surface area contributed by atoms with Crippen molar-refractivity contribution in [1.29, 1.82) is 0 Å². The van der Waals surface area contributed by atoms with Crippen molar-refractivity contribution in [2.75, 3.05) is 13.7 Å². The Bertz CT molecular complexity index is 420. The molecule has 0 aromatic heterocycles. The molecule has 2 atom stereocenters. The predicted octanol–water partition coefficient (Wildman–Crippen LogP) is 2.70. The summed E-state index contributed by atoms with van der Waals surface area (Å²) in [6.07, 6.45) is 3.04. The minimum absolute atomic E-state index is 0.0767. The highest BCUT2D eigenvalue weighted by Gasteiger charge is 2.15. The molecule has 1 aromatic rings. The smallest absolute Gasteiger partial charge is 0.303 e. The zero-order chi connectivity index (χ0) is 15.0. The van der Waals surface area contributed by atoms with Crippen molar-refractivity contribution in [3.8, 4) is 5.75 Å². The van der Waals surface area contributed by atoms with Gasteiger partial charge in [0, 0.05) is 6.42 Å². The highest BCUT2D eigenvalue weighted by atomic mass is 16.5. The monoisotopic (exact) mass is 279 g/mol. The molecule has 0 aliphatic heterocycles. The quantitative estimate of drug-likeness (QED) is 0.729. The fourth-order valence-corrected chi connectivity index (χ4v) is 2.44. The van der Waals surface area contributed by atoms with Crippen LogP contribution in [0.25, 0.3) is 0 Å². The van der Waals surface area contributed by atoms with Crippen molar-refractivity contribution in [2.24, 2.45) is 17.6 Å². The normalized spacial score (nSPS) is 13.8. The Morgan fingerprint density at radius 3 is 2.80 bits per heavy atom. The lowest BCUT2D eigenvalue weighted by Gasteiger charge is -2.18. The number of carbonyl (C=O) groups is 1. The van der Waals surface area contributed by atoms with Crippen LogP contribution in [0.3, 0.4) is 0 Å². The Labute approximate surface area is 120 Å². The van der Waals surface area contributed by atoms with Crippen LogP contribution in [-0.2, 0) is 11.2 Å². The molecular formula is C16H25NO3. The SMILES string of the molecule is COc1cccc(CCC(C)CC(CN)CC(=O)O)c1. The number of hydrogen-bond acceptors (Lipinski definition) is 3. The van der Waals surface area contributed by atoms with E-state index in [-0.39, 0.29) is 12.3 Å². The maximum absolute atomic E-state index is 10.7. The molecular weight excluding hydrogens is 254 g/mol. The van der Waals surface area contributed by atoms with Crippen LogP contribution in [0.4, 0.5) is 0 Å². The number of carboxylic acid groups (broad SMARTS) is 1. The number of methoxy groups -OCH3 is 1. The Morgan fingerprint density at radius 2 is 2.20 bits per heavy atom. The van der Waals surface area contributed by atoms with Gasteiger partial charge in [-0.2, -0.15) is 0 Å². The topological polar surface area (TPSA) is 72.5 Å². The Kier molecular flexibility index (Phi) is 7.09. The molecule has 3 N–H and O–H groups in total. The fraction of sp³-hybridized carbons (Fsp3) is 0.562. The first kappa shape index (κ1) is 16.5. The van der Waals surface area contributed by atoms with Gasteiger partial charge in [0.25, 0.3) is 0 Å². The molecule has 0 fully saturated rings. The van der Waals surface area contributed by atoms with E-state index in [0.717, 1.165) is 25.0 Å².